The Kier molecular flexibility index (Phi) is 17.5. The Bertz CT molecular complexity index is 571. The molecule has 0 fully saturated rings. The fourth-order valence-electron chi connectivity index (χ4n) is 2.39. The number of nitrogens with two attached hydrogens (primary N) is 1. The molecule has 0 aliphatic heterocycles. The number of aliphatic hydroxyl groups is 1. The molecule has 3 unspecified atom stereocenters. The summed E-state index contributed by atoms with van der Waals surface area (Å²) in [6.45, 7) is 0.426. The number of carboxylic acid groups (broad SMARTS) is 1. The number of hydrogen-bond acceptors (Lipinski definition) is 8. The van der Waals surface area contributed by atoms with Crippen LogP contribution in [0.15, 0.2) is 12.2 Å². The second-order valence-corrected chi connectivity index (χ2v) is 8.72. The number of carboxylic acids is 1. The van der Waals surface area contributed by atoms with Crippen molar-refractivity contribution in [2.24, 2.45) is 5.73 Å². The number of phosphoric ester groups is 1. The van der Waals surface area contributed by atoms with Gasteiger partial charge in [-0.15, -0.1) is 0 Å². The third kappa shape index (κ3) is 19.1. The van der Waals surface area contributed by atoms with Crippen LogP contribution in [0.1, 0.15) is 71.1 Å². The van der Waals surface area contributed by atoms with Crippen molar-refractivity contribution in [2.75, 3.05) is 19.8 Å². The maximum atomic E-state index is 11.7. The van der Waals surface area contributed by atoms with Gasteiger partial charge in [0.25, 0.3) is 0 Å². The van der Waals surface area contributed by atoms with Gasteiger partial charge in [-0.2, -0.15) is 0 Å². The van der Waals surface area contributed by atoms with Crippen molar-refractivity contribution in [3.63, 3.8) is 0 Å². The van der Waals surface area contributed by atoms with Gasteiger partial charge in [0.2, 0.25) is 0 Å². The summed E-state index contributed by atoms with van der Waals surface area (Å²) < 4.78 is 25.4. The number of aliphatic carboxylic acids is 1. The molecule has 0 spiro atoms. The van der Waals surface area contributed by atoms with Crippen LogP contribution in [-0.2, 0) is 27.9 Å². The van der Waals surface area contributed by atoms with Crippen LogP contribution in [0.3, 0.4) is 0 Å². The predicted molar refractivity (Wildman–Crippen MR) is 115 cm³/mol. The highest BCUT2D eigenvalue weighted by Crippen LogP contribution is 2.43. The van der Waals surface area contributed by atoms with E-state index in [2.05, 4.69) is 28.1 Å². The molecule has 0 aromatic rings. The number of rotatable bonds is 20. The topological polar surface area (TPSA) is 166 Å². The molecule has 0 heterocycles. The minimum Gasteiger partial charge on any atom is -0.480 e. The summed E-state index contributed by atoms with van der Waals surface area (Å²) in [4.78, 5) is 31.6. The Morgan fingerprint density at radius 3 is 2.19 bits per heavy atom. The molecule has 10 nitrogen and oxygen atoms in total. The van der Waals surface area contributed by atoms with Gasteiger partial charge in [-0.05, 0) is 25.7 Å². The average molecular weight is 467 g/mol. The van der Waals surface area contributed by atoms with Gasteiger partial charge in [0.1, 0.15) is 18.8 Å². The van der Waals surface area contributed by atoms with Crippen LogP contribution in [0.4, 0.5) is 0 Å². The van der Waals surface area contributed by atoms with Crippen LogP contribution in [0.2, 0.25) is 0 Å². The van der Waals surface area contributed by atoms with E-state index in [1.165, 1.54) is 12.8 Å². The van der Waals surface area contributed by atoms with E-state index in [1.807, 2.05) is 0 Å². The zero-order chi connectivity index (χ0) is 23.5. The first kappa shape index (κ1) is 29.7. The molecule has 0 saturated carbocycles. The van der Waals surface area contributed by atoms with Gasteiger partial charge in [-0.1, -0.05) is 51.2 Å². The number of aliphatic hydroxyl groups excluding tert-OH is 1. The minimum atomic E-state index is -4.58. The van der Waals surface area contributed by atoms with Crippen LogP contribution in [0.25, 0.3) is 0 Å². The Labute approximate surface area is 184 Å². The maximum Gasteiger partial charge on any atom is 0.472 e. The zero-order valence-corrected chi connectivity index (χ0v) is 19.2. The molecular formula is C20H38NO9P. The van der Waals surface area contributed by atoms with E-state index in [1.54, 1.807) is 0 Å². The first-order valence-electron chi connectivity index (χ1n) is 10.8. The molecule has 3 atom stereocenters. The Hall–Kier alpha value is -1.29. The fraction of sp³-hybridized carbons (Fsp3) is 0.800. The predicted octanol–water partition coefficient (Wildman–Crippen LogP) is 2.91. The number of phosphoric acid groups is 1. The first-order chi connectivity index (χ1) is 14.7. The minimum absolute atomic E-state index is 0.235. The second kappa shape index (κ2) is 18.3. The monoisotopic (exact) mass is 467 g/mol. The SMILES string of the molecule is CCCC/C=C\CCCCCCCC(=O)OCC(O)COP(=O)(O)OCC(N)C(=O)O. The standard InChI is InChI=1S/C20H38NO9P/c1-2-3-4-5-6-7-8-9-10-11-12-13-19(23)28-14-17(22)15-29-31(26,27)30-16-18(21)20(24)25/h5-6,17-18,22H,2-4,7-16,21H2,1H3,(H,24,25)(H,26,27)/b6-5-. The molecule has 0 aliphatic carbocycles. The molecule has 0 saturated heterocycles. The maximum absolute atomic E-state index is 11.7. The van der Waals surface area contributed by atoms with E-state index in [9.17, 15) is 24.2 Å². The quantitative estimate of drug-likeness (QED) is 0.0905. The zero-order valence-electron chi connectivity index (χ0n) is 18.3. The summed E-state index contributed by atoms with van der Waals surface area (Å²) in [6.07, 6.45) is 13.0. The average Bonchev–Trinajstić information content (AvgIpc) is 2.72. The smallest absolute Gasteiger partial charge is 0.472 e. The van der Waals surface area contributed by atoms with Crippen LogP contribution in [0, 0.1) is 0 Å². The summed E-state index contributed by atoms with van der Waals surface area (Å²) in [5.41, 5.74) is 5.14. The number of esters is 1. The van der Waals surface area contributed by atoms with Crippen molar-refractivity contribution in [3.05, 3.63) is 12.2 Å². The van der Waals surface area contributed by atoms with Gasteiger partial charge in [0.15, 0.2) is 0 Å². The number of carbonyl (C=O) groups excluding carboxylic acids is 1. The van der Waals surface area contributed by atoms with Crippen molar-refractivity contribution >= 4 is 19.8 Å². The van der Waals surface area contributed by atoms with Crippen LogP contribution in [-0.4, -0.2) is 59.0 Å². The molecule has 5 N–H and O–H groups in total. The summed E-state index contributed by atoms with van der Waals surface area (Å²) >= 11 is 0. The van der Waals surface area contributed by atoms with Crippen molar-refractivity contribution < 1.29 is 43.0 Å². The fourth-order valence-corrected chi connectivity index (χ4v) is 3.18. The van der Waals surface area contributed by atoms with Gasteiger partial charge < -0.3 is 25.6 Å². The van der Waals surface area contributed by atoms with Crippen LogP contribution < -0.4 is 5.73 Å². The van der Waals surface area contributed by atoms with E-state index in [-0.39, 0.29) is 6.42 Å². The third-order valence-corrected chi connectivity index (χ3v) is 5.19. The number of ether oxygens (including phenoxy) is 1. The van der Waals surface area contributed by atoms with Crippen LogP contribution >= 0.6 is 7.82 Å². The normalized spacial score (nSPS) is 15.5. The molecule has 0 amide bonds. The molecule has 0 aliphatic rings. The van der Waals surface area contributed by atoms with Crippen molar-refractivity contribution in [2.45, 2.75) is 83.3 Å². The highest BCUT2D eigenvalue weighted by Gasteiger charge is 2.26. The Balaban J connectivity index is 3.71. The summed E-state index contributed by atoms with van der Waals surface area (Å²) in [7, 11) is -4.58. The molecule has 182 valence electrons. The van der Waals surface area contributed by atoms with Crippen molar-refractivity contribution in [1.82, 2.24) is 0 Å². The van der Waals surface area contributed by atoms with E-state index in [0.717, 1.165) is 38.5 Å². The molecule has 0 radical (unpaired) electrons. The molecule has 11 heteroatoms. The van der Waals surface area contributed by atoms with Gasteiger partial charge >= 0.3 is 19.8 Å². The molecule has 0 rings (SSSR count). The van der Waals surface area contributed by atoms with Crippen molar-refractivity contribution in [3.8, 4) is 0 Å². The molecular weight excluding hydrogens is 429 g/mol. The van der Waals surface area contributed by atoms with Gasteiger partial charge in [-0.25, -0.2) is 4.57 Å². The Morgan fingerprint density at radius 2 is 1.55 bits per heavy atom. The number of hydrogen-bond donors (Lipinski definition) is 4. The largest absolute Gasteiger partial charge is 0.480 e. The summed E-state index contributed by atoms with van der Waals surface area (Å²) in [6, 6.07) is -1.48. The lowest BCUT2D eigenvalue weighted by Gasteiger charge is -2.16. The van der Waals surface area contributed by atoms with Gasteiger partial charge in [0, 0.05) is 6.42 Å². The van der Waals surface area contributed by atoms with E-state index >= 15 is 0 Å². The first-order valence-corrected chi connectivity index (χ1v) is 12.3. The Morgan fingerprint density at radius 1 is 0.968 bits per heavy atom. The van der Waals surface area contributed by atoms with Crippen molar-refractivity contribution in [1.29, 1.82) is 0 Å². The summed E-state index contributed by atoms with van der Waals surface area (Å²) in [5.74, 6) is -1.87. The van der Waals surface area contributed by atoms with Gasteiger partial charge in [0.05, 0.1) is 13.2 Å². The van der Waals surface area contributed by atoms with E-state index in [4.69, 9.17) is 15.6 Å². The molecule has 0 bridgehead atoms. The van der Waals surface area contributed by atoms with Gasteiger partial charge in [-0.3, -0.25) is 18.6 Å². The third-order valence-electron chi connectivity index (χ3n) is 4.24. The molecule has 0 aromatic carbocycles. The lowest BCUT2D eigenvalue weighted by atomic mass is 10.1. The number of carbonyl (C=O) groups is 2. The highest BCUT2D eigenvalue weighted by molar-refractivity contribution is 7.47. The number of unbranched alkanes of at least 4 members (excludes halogenated alkanes) is 7. The van der Waals surface area contributed by atoms with Crippen LogP contribution in [0.5, 0.6) is 0 Å². The number of allylic oxidation sites excluding steroid dienone is 2. The lowest BCUT2D eigenvalue weighted by molar-refractivity contribution is -0.147. The summed E-state index contributed by atoms with van der Waals surface area (Å²) in [5, 5.41) is 18.2. The molecule has 0 aromatic heterocycles. The lowest BCUT2D eigenvalue weighted by Crippen LogP contribution is -2.34. The van der Waals surface area contributed by atoms with E-state index in [0.29, 0.717) is 6.42 Å². The van der Waals surface area contributed by atoms with E-state index < -0.39 is 51.7 Å². The highest BCUT2D eigenvalue weighted by atomic mass is 31.2. The second-order valence-electron chi connectivity index (χ2n) is 7.26. The molecule has 31 heavy (non-hydrogen) atoms.